The first-order valence-electron chi connectivity index (χ1n) is 10.8. The monoisotopic (exact) mass is 494 g/mol. The number of benzene rings is 2. The zero-order valence-electron chi connectivity index (χ0n) is 18.9. The summed E-state index contributed by atoms with van der Waals surface area (Å²) < 4.78 is 7.51. The van der Waals surface area contributed by atoms with E-state index in [1.165, 1.54) is 0 Å². The number of rotatable bonds is 8. The molecule has 0 radical (unpaired) electrons. The molecule has 0 aliphatic heterocycles. The lowest BCUT2D eigenvalue weighted by molar-refractivity contribution is -0.120. The summed E-state index contributed by atoms with van der Waals surface area (Å²) in [6.45, 7) is 4.65. The number of ether oxygens (including phenoxy) is 1. The first kappa shape index (κ1) is 23.8. The van der Waals surface area contributed by atoms with Crippen molar-refractivity contribution < 1.29 is 9.53 Å². The van der Waals surface area contributed by atoms with Crippen LogP contribution in [0.25, 0.3) is 5.69 Å². The molecule has 8 heteroatoms. The van der Waals surface area contributed by atoms with E-state index in [4.69, 9.17) is 27.9 Å². The first-order chi connectivity index (χ1) is 16.4. The zero-order valence-corrected chi connectivity index (χ0v) is 20.4. The molecule has 0 spiro atoms. The Morgan fingerprint density at radius 2 is 1.85 bits per heavy atom. The van der Waals surface area contributed by atoms with Crippen LogP contribution < -0.4 is 10.1 Å². The lowest BCUT2D eigenvalue weighted by atomic mass is 10.1. The third-order valence-electron chi connectivity index (χ3n) is 5.44. The molecule has 0 unspecified atom stereocenters. The van der Waals surface area contributed by atoms with Crippen molar-refractivity contribution in [3.05, 3.63) is 105 Å². The van der Waals surface area contributed by atoms with Crippen LogP contribution >= 0.6 is 23.2 Å². The molecule has 0 saturated heterocycles. The number of hydrogen-bond acceptors (Lipinski definition) is 4. The molecule has 6 nitrogen and oxygen atoms in total. The molecule has 2 heterocycles. The number of aryl methyl sites for hydroxylation is 1. The summed E-state index contributed by atoms with van der Waals surface area (Å²) in [5.74, 6) is 0.670. The first-order valence-corrected chi connectivity index (χ1v) is 11.5. The van der Waals surface area contributed by atoms with Gasteiger partial charge in [0.2, 0.25) is 5.91 Å². The second kappa shape index (κ2) is 10.7. The number of carbonyl (C=O) groups is 1. The Hall–Kier alpha value is -3.35. The van der Waals surface area contributed by atoms with Crippen molar-refractivity contribution in [1.82, 2.24) is 20.1 Å². The minimum Gasteiger partial charge on any atom is -0.487 e. The molecule has 4 rings (SSSR count). The molecule has 4 aromatic rings. The van der Waals surface area contributed by atoms with Crippen LogP contribution in [0.2, 0.25) is 10.0 Å². The molecule has 2 aromatic heterocycles. The maximum Gasteiger partial charge on any atom is 0.224 e. The smallest absolute Gasteiger partial charge is 0.224 e. The largest absolute Gasteiger partial charge is 0.487 e. The highest BCUT2D eigenvalue weighted by atomic mass is 35.5. The fourth-order valence-electron chi connectivity index (χ4n) is 3.59. The van der Waals surface area contributed by atoms with Crippen LogP contribution in [-0.2, 0) is 24.4 Å². The van der Waals surface area contributed by atoms with E-state index in [9.17, 15) is 4.79 Å². The Morgan fingerprint density at radius 3 is 2.56 bits per heavy atom. The highest BCUT2D eigenvalue weighted by Gasteiger charge is 2.17. The lowest BCUT2D eigenvalue weighted by Crippen LogP contribution is -2.25. The summed E-state index contributed by atoms with van der Waals surface area (Å²) in [4.78, 5) is 16.9. The fourth-order valence-corrected chi connectivity index (χ4v) is 4.07. The second-order valence-electron chi connectivity index (χ2n) is 7.86. The Morgan fingerprint density at radius 1 is 1.06 bits per heavy atom. The van der Waals surface area contributed by atoms with Crippen molar-refractivity contribution in [3.63, 3.8) is 0 Å². The Balaban J connectivity index is 1.34. The van der Waals surface area contributed by atoms with Crippen molar-refractivity contribution in [2.45, 2.75) is 33.4 Å². The van der Waals surface area contributed by atoms with Gasteiger partial charge < -0.3 is 10.1 Å². The lowest BCUT2D eigenvalue weighted by Gasteiger charge is -2.09. The number of aromatic nitrogens is 3. The Bertz CT molecular complexity index is 1290. The van der Waals surface area contributed by atoms with E-state index in [1.54, 1.807) is 23.0 Å². The maximum atomic E-state index is 12.7. The van der Waals surface area contributed by atoms with Gasteiger partial charge in [0.1, 0.15) is 12.4 Å². The molecule has 0 fully saturated rings. The van der Waals surface area contributed by atoms with Gasteiger partial charge in [-0.15, -0.1) is 0 Å². The van der Waals surface area contributed by atoms with Crippen LogP contribution in [0.4, 0.5) is 0 Å². The Kier molecular flexibility index (Phi) is 7.50. The molecule has 0 aliphatic rings. The normalized spacial score (nSPS) is 10.8. The molecule has 34 heavy (non-hydrogen) atoms. The van der Waals surface area contributed by atoms with Gasteiger partial charge in [-0.25, -0.2) is 4.68 Å². The highest BCUT2D eigenvalue weighted by Crippen LogP contribution is 2.27. The average molecular weight is 495 g/mol. The van der Waals surface area contributed by atoms with E-state index < -0.39 is 0 Å². The number of amides is 1. The van der Waals surface area contributed by atoms with Gasteiger partial charge in [0, 0.05) is 29.0 Å². The molecule has 1 amide bonds. The van der Waals surface area contributed by atoms with Gasteiger partial charge >= 0.3 is 0 Å². The second-order valence-corrected chi connectivity index (χ2v) is 8.71. The van der Waals surface area contributed by atoms with Crippen LogP contribution in [0.3, 0.4) is 0 Å². The molecule has 2 aromatic carbocycles. The van der Waals surface area contributed by atoms with Crippen molar-refractivity contribution >= 4 is 29.1 Å². The van der Waals surface area contributed by atoms with Crippen LogP contribution in [0.1, 0.15) is 28.2 Å². The third kappa shape index (κ3) is 5.76. The van der Waals surface area contributed by atoms with Gasteiger partial charge in [0.15, 0.2) is 0 Å². The van der Waals surface area contributed by atoms with E-state index in [-0.39, 0.29) is 12.3 Å². The molecule has 0 aliphatic carbocycles. The minimum absolute atomic E-state index is 0.0802. The van der Waals surface area contributed by atoms with Crippen molar-refractivity contribution in [1.29, 1.82) is 0 Å². The van der Waals surface area contributed by atoms with Gasteiger partial charge in [0.05, 0.1) is 28.5 Å². The quantitative estimate of drug-likeness (QED) is 0.344. The van der Waals surface area contributed by atoms with E-state index in [1.807, 2.05) is 62.4 Å². The third-order valence-corrected chi connectivity index (χ3v) is 5.98. The van der Waals surface area contributed by atoms with Crippen LogP contribution in [0.15, 0.2) is 66.9 Å². The number of nitrogens with one attached hydrogen (secondary N) is 1. The number of hydrogen-bond donors (Lipinski definition) is 1. The molecule has 0 bridgehead atoms. The molecular weight excluding hydrogens is 471 g/mol. The summed E-state index contributed by atoms with van der Waals surface area (Å²) in [6, 6.07) is 18.6. The SMILES string of the molecule is Cc1nn(-c2ccc(Cl)cc2Cl)c(C)c1CC(=O)NCc1ccc(OCc2ccccn2)cc1. The Labute approximate surface area is 208 Å². The zero-order chi connectivity index (χ0) is 24.1. The number of halogens is 2. The highest BCUT2D eigenvalue weighted by molar-refractivity contribution is 6.35. The van der Waals surface area contributed by atoms with Gasteiger partial charge in [0.25, 0.3) is 0 Å². The van der Waals surface area contributed by atoms with Gasteiger partial charge in [-0.1, -0.05) is 41.4 Å². The number of pyridine rings is 1. The van der Waals surface area contributed by atoms with Gasteiger partial charge in [-0.3, -0.25) is 9.78 Å². The van der Waals surface area contributed by atoms with Crippen molar-refractivity contribution in [3.8, 4) is 11.4 Å². The summed E-state index contributed by atoms with van der Waals surface area (Å²) >= 11 is 12.4. The number of carbonyl (C=O) groups excluding carboxylic acids is 1. The van der Waals surface area contributed by atoms with Gasteiger partial charge in [-0.05, 0) is 61.9 Å². The summed E-state index contributed by atoms with van der Waals surface area (Å²) in [6.07, 6.45) is 1.97. The maximum absolute atomic E-state index is 12.7. The van der Waals surface area contributed by atoms with E-state index >= 15 is 0 Å². The topological polar surface area (TPSA) is 69.0 Å². The van der Waals surface area contributed by atoms with Crippen LogP contribution in [-0.4, -0.2) is 20.7 Å². The molecule has 174 valence electrons. The minimum atomic E-state index is -0.0802. The predicted molar refractivity (Wildman–Crippen MR) is 134 cm³/mol. The molecule has 0 atom stereocenters. The van der Waals surface area contributed by atoms with Crippen LogP contribution in [0, 0.1) is 13.8 Å². The predicted octanol–water partition coefficient (Wildman–Crippen LogP) is 5.63. The standard InChI is InChI=1S/C26H24Cl2N4O2/c1-17-23(18(2)32(31-17)25-11-8-20(27)13-24(25)28)14-26(33)30-15-19-6-9-22(10-7-19)34-16-21-5-3-4-12-29-21/h3-13H,14-16H2,1-2H3,(H,30,33). The van der Waals surface area contributed by atoms with Crippen LogP contribution in [0.5, 0.6) is 5.75 Å². The van der Waals surface area contributed by atoms with E-state index in [0.717, 1.165) is 39.6 Å². The average Bonchev–Trinajstić information content (AvgIpc) is 3.11. The molecule has 1 N–H and O–H groups in total. The number of nitrogens with zero attached hydrogens (tertiary/aromatic N) is 3. The summed E-state index contributed by atoms with van der Waals surface area (Å²) in [5, 5.41) is 8.62. The summed E-state index contributed by atoms with van der Waals surface area (Å²) in [5.41, 5.74) is 5.10. The molecule has 0 saturated carbocycles. The fraction of sp³-hybridized carbons (Fsp3) is 0.192. The summed E-state index contributed by atoms with van der Waals surface area (Å²) in [7, 11) is 0. The molecular formula is C26H24Cl2N4O2. The van der Waals surface area contributed by atoms with Crippen molar-refractivity contribution in [2.75, 3.05) is 0 Å². The van der Waals surface area contributed by atoms with E-state index in [0.29, 0.717) is 23.2 Å². The van der Waals surface area contributed by atoms with Gasteiger partial charge in [-0.2, -0.15) is 5.10 Å². The van der Waals surface area contributed by atoms with E-state index in [2.05, 4.69) is 15.4 Å². The van der Waals surface area contributed by atoms with Crippen molar-refractivity contribution in [2.24, 2.45) is 0 Å².